The molecule has 1 aliphatic heterocycles. The van der Waals surface area contributed by atoms with Crippen molar-refractivity contribution >= 4 is 16.8 Å². The Morgan fingerprint density at radius 1 is 1.17 bits per heavy atom. The number of hydrogen-bond acceptors (Lipinski definition) is 3. The molecular formula is C24H26N2O3. The summed E-state index contributed by atoms with van der Waals surface area (Å²) < 4.78 is 5.76. The molecule has 2 heterocycles. The minimum absolute atomic E-state index is 0.0205. The van der Waals surface area contributed by atoms with Gasteiger partial charge in [0.1, 0.15) is 0 Å². The van der Waals surface area contributed by atoms with Crippen molar-refractivity contribution in [1.82, 2.24) is 9.88 Å². The Hall–Kier alpha value is -2.92. The minimum atomic E-state index is -0.149. The molecule has 29 heavy (non-hydrogen) atoms. The Bertz CT molecular complexity index is 1080. The third kappa shape index (κ3) is 4.10. The summed E-state index contributed by atoms with van der Waals surface area (Å²) in [5.41, 5.74) is 4.13. The highest BCUT2D eigenvalue weighted by Crippen LogP contribution is 2.21. The zero-order valence-electron chi connectivity index (χ0n) is 16.9. The number of aryl methyl sites for hydroxylation is 2. The van der Waals surface area contributed by atoms with Gasteiger partial charge in [0.15, 0.2) is 0 Å². The number of nitrogens with one attached hydrogen (secondary N) is 1. The van der Waals surface area contributed by atoms with Gasteiger partial charge in [-0.3, -0.25) is 9.59 Å². The fraction of sp³-hybridized carbons (Fsp3) is 0.333. The molecule has 1 amide bonds. The summed E-state index contributed by atoms with van der Waals surface area (Å²) in [6.07, 6.45) is 1.96. The van der Waals surface area contributed by atoms with Crippen LogP contribution in [0.3, 0.4) is 0 Å². The molecule has 0 radical (unpaired) electrons. The summed E-state index contributed by atoms with van der Waals surface area (Å²) in [6.45, 7) is 5.51. The first-order chi connectivity index (χ1) is 14.0. The van der Waals surface area contributed by atoms with Crippen LogP contribution in [-0.2, 0) is 11.3 Å². The predicted octanol–water partition coefficient (Wildman–Crippen LogP) is 3.97. The molecule has 0 unspecified atom stereocenters. The zero-order chi connectivity index (χ0) is 20.4. The van der Waals surface area contributed by atoms with Gasteiger partial charge in [0.25, 0.3) is 11.5 Å². The molecule has 4 rings (SSSR count). The number of benzene rings is 2. The van der Waals surface area contributed by atoms with Crippen molar-refractivity contribution in [1.29, 1.82) is 0 Å². The highest BCUT2D eigenvalue weighted by Gasteiger charge is 2.24. The van der Waals surface area contributed by atoms with Crippen molar-refractivity contribution in [2.45, 2.75) is 39.3 Å². The second-order valence-electron chi connectivity index (χ2n) is 7.78. The van der Waals surface area contributed by atoms with Crippen molar-refractivity contribution in [2.75, 3.05) is 13.2 Å². The third-order valence-electron chi connectivity index (χ3n) is 5.75. The number of rotatable bonds is 5. The Morgan fingerprint density at radius 3 is 2.69 bits per heavy atom. The molecule has 2 aromatic carbocycles. The van der Waals surface area contributed by atoms with E-state index < -0.39 is 0 Å². The van der Waals surface area contributed by atoms with E-state index in [0.717, 1.165) is 41.5 Å². The number of H-pyrrole nitrogens is 1. The van der Waals surface area contributed by atoms with Gasteiger partial charge in [0.2, 0.25) is 0 Å². The van der Waals surface area contributed by atoms with Crippen LogP contribution in [0.5, 0.6) is 0 Å². The van der Waals surface area contributed by atoms with Crippen molar-refractivity contribution in [3.63, 3.8) is 0 Å². The molecule has 150 valence electrons. The number of pyridine rings is 1. The van der Waals surface area contributed by atoms with E-state index >= 15 is 0 Å². The Morgan fingerprint density at radius 2 is 1.97 bits per heavy atom. The molecule has 0 aliphatic carbocycles. The summed E-state index contributed by atoms with van der Waals surface area (Å²) in [5.74, 6) is -0.0827. The van der Waals surface area contributed by atoms with Gasteiger partial charge in [-0.05, 0) is 61.4 Å². The van der Waals surface area contributed by atoms with Gasteiger partial charge in [0.05, 0.1) is 18.2 Å². The Labute approximate surface area is 170 Å². The van der Waals surface area contributed by atoms with Gasteiger partial charge in [-0.1, -0.05) is 30.3 Å². The number of aromatic nitrogens is 1. The number of amides is 1. The fourth-order valence-electron chi connectivity index (χ4n) is 3.91. The molecule has 1 N–H and O–H groups in total. The zero-order valence-corrected chi connectivity index (χ0v) is 16.9. The van der Waals surface area contributed by atoms with Crippen LogP contribution in [0.15, 0.2) is 53.3 Å². The molecule has 1 aromatic heterocycles. The molecule has 1 saturated heterocycles. The smallest absolute Gasteiger partial charge is 0.254 e. The summed E-state index contributed by atoms with van der Waals surface area (Å²) in [4.78, 5) is 30.7. The minimum Gasteiger partial charge on any atom is -0.376 e. The second-order valence-corrected chi connectivity index (χ2v) is 7.78. The molecule has 5 heteroatoms. The van der Waals surface area contributed by atoms with Gasteiger partial charge in [0, 0.05) is 24.3 Å². The first-order valence-electron chi connectivity index (χ1n) is 10.1. The molecule has 0 spiro atoms. The van der Waals surface area contributed by atoms with Crippen LogP contribution >= 0.6 is 0 Å². The van der Waals surface area contributed by atoms with E-state index in [4.69, 9.17) is 4.74 Å². The molecule has 0 saturated carbocycles. The van der Waals surface area contributed by atoms with Crippen molar-refractivity contribution in [3.8, 4) is 0 Å². The summed E-state index contributed by atoms with van der Waals surface area (Å²) in [5, 5.41) is 0.979. The first kappa shape index (κ1) is 19.4. The van der Waals surface area contributed by atoms with E-state index in [1.165, 1.54) is 0 Å². The maximum absolute atomic E-state index is 13.2. The summed E-state index contributed by atoms with van der Waals surface area (Å²) in [6, 6.07) is 15.2. The van der Waals surface area contributed by atoms with Crippen LogP contribution in [-0.4, -0.2) is 35.0 Å². The molecule has 1 aliphatic rings. The van der Waals surface area contributed by atoms with Crippen LogP contribution in [0.1, 0.15) is 39.9 Å². The number of carbonyl (C=O) groups is 1. The van der Waals surface area contributed by atoms with Gasteiger partial charge in [-0.2, -0.15) is 0 Å². The normalized spacial score (nSPS) is 16.3. The van der Waals surface area contributed by atoms with E-state index in [1.54, 1.807) is 4.90 Å². The van der Waals surface area contributed by atoms with Gasteiger partial charge < -0.3 is 14.6 Å². The monoisotopic (exact) mass is 390 g/mol. The van der Waals surface area contributed by atoms with Crippen LogP contribution in [0.2, 0.25) is 0 Å². The molecule has 1 fully saturated rings. The lowest BCUT2D eigenvalue weighted by atomic mass is 10.0. The lowest BCUT2D eigenvalue weighted by Crippen LogP contribution is -2.38. The van der Waals surface area contributed by atoms with E-state index in [1.807, 2.05) is 56.3 Å². The van der Waals surface area contributed by atoms with E-state index in [-0.39, 0.29) is 24.1 Å². The number of carbonyl (C=O) groups excluding carboxylic acids is 1. The lowest BCUT2D eigenvalue weighted by molar-refractivity contribution is 0.0506. The number of nitrogens with zero attached hydrogens (tertiary/aromatic N) is 1. The highest BCUT2D eigenvalue weighted by atomic mass is 16.5. The van der Waals surface area contributed by atoms with E-state index in [0.29, 0.717) is 17.7 Å². The maximum atomic E-state index is 13.2. The van der Waals surface area contributed by atoms with Crippen molar-refractivity contribution in [2.24, 2.45) is 0 Å². The molecule has 0 bridgehead atoms. The van der Waals surface area contributed by atoms with Crippen LogP contribution in [0.4, 0.5) is 0 Å². The Balaban J connectivity index is 1.68. The number of aromatic amines is 1. The largest absolute Gasteiger partial charge is 0.376 e. The number of ether oxygens (including phenoxy) is 1. The molecule has 3 aromatic rings. The predicted molar refractivity (Wildman–Crippen MR) is 114 cm³/mol. The third-order valence-corrected chi connectivity index (χ3v) is 5.75. The van der Waals surface area contributed by atoms with Gasteiger partial charge in [-0.25, -0.2) is 0 Å². The molecule has 1 atom stereocenters. The van der Waals surface area contributed by atoms with E-state index in [2.05, 4.69) is 11.1 Å². The number of hydrogen-bond donors (Lipinski definition) is 1. The van der Waals surface area contributed by atoms with Gasteiger partial charge in [-0.15, -0.1) is 0 Å². The SMILES string of the molecule is Cc1ccc2cc(CN(C[C@@H]3CCCO3)C(=O)c3ccccc3)c(=O)[nH]c2c1C. The average molecular weight is 390 g/mol. The summed E-state index contributed by atoms with van der Waals surface area (Å²) >= 11 is 0. The van der Waals surface area contributed by atoms with Crippen molar-refractivity contribution in [3.05, 3.63) is 81.1 Å². The number of fused-ring (bicyclic) bond motifs is 1. The first-order valence-corrected chi connectivity index (χ1v) is 10.1. The fourth-order valence-corrected chi connectivity index (χ4v) is 3.91. The van der Waals surface area contributed by atoms with Crippen LogP contribution in [0.25, 0.3) is 10.9 Å². The molecular weight excluding hydrogens is 364 g/mol. The maximum Gasteiger partial charge on any atom is 0.254 e. The van der Waals surface area contributed by atoms with Gasteiger partial charge >= 0.3 is 0 Å². The quantitative estimate of drug-likeness (QED) is 0.717. The topological polar surface area (TPSA) is 62.4 Å². The summed E-state index contributed by atoms with van der Waals surface area (Å²) in [7, 11) is 0. The van der Waals surface area contributed by atoms with Crippen LogP contribution in [0, 0.1) is 13.8 Å². The average Bonchev–Trinajstić information content (AvgIpc) is 3.25. The standard InChI is InChI=1S/C24H26N2O3/c1-16-10-11-19-13-20(23(27)25-22(19)17(16)2)14-26(15-21-9-6-12-29-21)24(28)18-7-4-3-5-8-18/h3-5,7-8,10-11,13,21H,6,9,12,14-15H2,1-2H3,(H,25,27)/t21-/m0/s1. The van der Waals surface area contributed by atoms with E-state index in [9.17, 15) is 9.59 Å². The highest BCUT2D eigenvalue weighted by molar-refractivity contribution is 5.94. The lowest BCUT2D eigenvalue weighted by Gasteiger charge is -2.25. The second kappa shape index (κ2) is 8.21. The Kier molecular flexibility index (Phi) is 5.49. The van der Waals surface area contributed by atoms with Crippen LogP contribution < -0.4 is 5.56 Å². The van der Waals surface area contributed by atoms with Crippen molar-refractivity contribution < 1.29 is 9.53 Å². The molecule has 5 nitrogen and oxygen atoms in total.